The van der Waals surface area contributed by atoms with Crippen LogP contribution in [0.15, 0.2) is 167 Å². The van der Waals surface area contributed by atoms with Gasteiger partial charge >= 0.3 is 7.48 Å². The number of rotatable bonds is 9. The standard InChI is InChI=1S/C48H39BNO4/c1-47(2,51)48(3,4)54-49-33-23-29-36(30-24-33)50(34-25-19-31(20-26-34)37-13-9-15-41-39-11-5-7-17-43(39)52-45(37)41)35-27-21-32(22-28-35)38-14-10-16-42-40-12-6-8-18-44(40)53-46(38)42/h5-30,51H,1-4H3. The van der Waals surface area contributed by atoms with Gasteiger partial charge in [0.25, 0.3) is 0 Å². The van der Waals surface area contributed by atoms with Gasteiger partial charge < -0.3 is 23.5 Å². The Bertz CT molecular complexity index is 2610. The Morgan fingerprint density at radius 1 is 0.481 bits per heavy atom. The summed E-state index contributed by atoms with van der Waals surface area (Å²) in [7, 11) is 1.72. The van der Waals surface area contributed by atoms with Crippen LogP contribution in [0.5, 0.6) is 0 Å². The number of nitrogens with zero attached hydrogens (tertiary/aromatic N) is 1. The first-order valence-electron chi connectivity index (χ1n) is 18.3. The lowest BCUT2D eigenvalue weighted by molar-refractivity contribution is -0.0893. The molecule has 2 aromatic heterocycles. The number of hydrogen-bond acceptors (Lipinski definition) is 5. The molecule has 0 aliphatic heterocycles. The lowest BCUT2D eigenvalue weighted by Crippen LogP contribution is -2.49. The van der Waals surface area contributed by atoms with E-state index in [0.717, 1.165) is 88.7 Å². The van der Waals surface area contributed by atoms with Crippen molar-refractivity contribution in [3.8, 4) is 22.3 Å². The fourth-order valence-electron chi connectivity index (χ4n) is 7.04. The molecule has 0 spiro atoms. The third-order valence-electron chi connectivity index (χ3n) is 10.8. The molecule has 2 heterocycles. The minimum atomic E-state index is -1.01. The molecule has 0 amide bonds. The maximum Gasteiger partial charge on any atom is 0.330 e. The maximum absolute atomic E-state index is 10.6. The molecule has 5 nitrogen and oxygen atoms in total. The van der Waals surface area contributed by atoms with Gasteiger partial charge in [-0.2, -0.15) is 0 Å². The second kappa shape index (κ2) is 13.1. The van der Waals surface area contributed by atoms with E-state index in [1.807, 2.05) is 62.4 Å². The summed E-state index contributed by atoms with van der Waals surface area (Å²) in [5.74, 6) is 0. The summed E-state index contributed by atoms with van der Waals surface area (Å²) in [6.45, 7) is 7.28. The molecule has 0 aliphatic carbocycles. The Kier molecular flexibility index (Phi) is 8.18. The zero-order valence-electron chi connectivity index (χ0n) is 30.7. The molecule has 0 bridgehead atoms. The molecule has 54 heavy (non-hydrogen) atoms. The van der Waals surface area contributed by atoms with Gasteiger partial charge in [0.05, 0.1) is 11.2 Å². The number of anilines is 3. The largest absolute Gasteiger partial charge is 0.455 e. The van der Waals surface area contributed by atoms with Crippen LogP contribution in [0.3, 0.4) is 0 Å². The first kappa shape index (κ1) is 33.7. The predicted octanol–water partition coefficient (Wildman–Crippen LogP) is 12.1. The normalized spacial score (nSPS) is 12.2. The van der Waals surface area contributed by atoms with E-state index in [4.69, 9.17) is 13.5 Å². The molecule has 1 N–H and O–H groups in total. The Morgan fingerprint density at radius 2 is 0.889 bits per heavy atom. The Balaban J connectivity index is 1.08. The lowest BCUT2D eigenvalue weighted by Gasteiger charge is -2.37. The van der Waals surface area contributed by atoms with Crippen LogP contribution in [0.1, 0.15) is 27.7 Å². The molecule has 0 fully saturated rings. The maximum atomic E-state index is 10.6. The summed E-state index contributed by atoms with van der Waals surface area (Å²) in [6.07, 6.45) is 0. The molecule has 6 heteroatoms. The lowest BCUT2D eigenvalue weighted by atomic mass is 9.82. The van der Waals surface area contributed by atoms with Crippen molar-refractivity contribution in [3.05, 3.63) is 158 Å². The highest BCUT2D eigenvalue weighted by Gasteiger charge is 2.35. The molecule has 0 unspecified atom stereocenters. The van der Waals surface area contributed by atoms with E-state index in [2.05, 4.69) is 114 Å². The highest BCUT2D eigenvalue weighted by atomic mass is 16.5. The topological polar surface area (TPSA) is 59.0 Å². The summed E-state index contributed by atoms with van der Waals surface area (Å²) < 4.78 is 18.8. The molecule has 9 rings (SSSR count). The molecule has 1 radical (unpaired) electrons. The zero-order chi connectivity index (χ0) is 37.0. The number of benzene rings is 7. The quantitative estimate of drug-likeness (QED) is 0.152. The third kappa shape index (κ3) is 5.94. The molecule has 9 aromatic rings. The van der Waals surface area contributed by atoms with Crippen molar-refractivity contribution in [2.45, 2.75) is 38.9 Å². The van der Waals surface area contributed by atoms with Crippen molar-refractivity contribution >= 4 is 73.9 Å². The van der Waals surface area contributed by atoms with Crippen LogP contribution in [0.2, 0.25) is 0 Å². The molecule has 0 saturated carbocycles. The smallest absolute Gasteiger partial charge is 0.330 e. The summed E-state index contributed by atoms with van der Waals surface area (Å²) in [5.41, 5.74) is 9.97. The fourth-order valence-corrected chi connectivity index (χ4v) is 7.04. The van der Waals surface area contributed by atoms with Crippen molar-refractivity contribution in [1.29, 1.82) is 0 Å². The monoisotopic (exact) mass is 704 g/mol. The number of fused-ring (bicyclic) bond motifs is 6. The molecule has 0 atom stereocenters. The van der Waals surface area contributed by atoms with E-state index < -0.39 is 11.2 Å². The van der Waals surface area contributed by atoms with Crippen molar-refractivity contribution in [2.24, 2.45) is 0 Å². The first-order chi connectivity index (χ1) is 26.1. The van der Waals surface area contributed by atoms with Gasteiger partial charge in [-0.1, -0.05) is 115 Å². The number of furan rings is 2. The van der Waals surface area contributed by atoms with Gasteiger partial charge in [0.1, 0.15) is 22.3 Å². The highest BCUT2D eigenvalue weighted by Crippen LogP contribution is 2.41. The van der Waals surface area contributed by atoms with Crippen molar-refractivity contribution < 1.29 is 18.6 Å². The second-order valence-corrected chi connectivity index (χ2v) is 14.9. The van der Waals surface area contributed by atoms with Crippen LogP contribution in [0.4, 0.5) is 17.1 Å². The van der Waals surface area contributed by atoms with Gasteiger partial charge in [-0.15, -0.1) is 0 Å². The van der Waals surface area contributed by atoms with Gasteiger partial charge in [0.2, 0.25) is 0 Å². The summed E-state index contributed by atoms with van der Waals surface area (Å²) in [4.78, 5) is 2.25. The van der Waals surface area contributed by atoms with Crippen LogP contribution in [-0.4, -0.2) is 23.8 Å². The Hall–Kier alpha value is -6.08. The molecule has 0 aliphatic rings. The predicted molar refractivity (Wildman–Crippen MR) is 223 cm³/mol. The van der Waals surface area contributed by atoms with Gasteiger partial charge in [-0.3, -0.25) is 0 Å². The Labute approximate surface area is 315 Å². The average Bonchev–Trinajstić information content (AvgIpc) is 3.77. The summed E-state index contributed by atoms with van der Waals surface area (Å²) in [6, 6.07) is 54.6. The van der Waals surface area contributed by atoms with E-state index in [1.54, 1.807) is 21.3 Å². The molecule has 0 saturated heterocycles. The summed E-state index contributed by atoms with van der Waals surface area (Å²) in [5, 5.41) is 15.0. The van der Waals surface area contributed by atoms with E-state index in [1.165, 1.54) is 0 Å². The molecular weight excluding hydrogens is 665 g/mol. The van der Waals surface area contributed by atoms with Gasteiger partial charge in [-0.25, -0.2) is 0 Å². The van der Waals surface area contributed by atoms with E-state index in [9.17, 15) is 5.11 Å². The SMILES string of the molecule is CC(C)(O)C(C)(C)O[B]c1ccc(N(c2ccc(-c3cccc4c3oc3ccccc34)cc2)c2ccc(-c3cccc4c3oc3ccccc34)cc2)cc1. The zero-order valence-corrected chi connectivity index (χ0v) is 30.7. The molecule has 263 valence electrons. The minimum absolute atomic E-state index is 0.763. The average molecular weight is 705 g/mol. The van der Waals surface area contributed by atoms with Crippen molar-refractivity contribution in [1.82, 2.24) is 0 Å². The van der Waals surface area contributed by atoms with Crippen LogP contribution in [0, 0.1) is 0 Å². The van der Waals surface area contributed by atoms with Gasteiger partial charge in [0, 0.05) is 49.7 Å². The molecular formula is C48H39BNO4. The van der Waals surface area contributed by atoms with E-state index in [0.29, 0.717) is 0 Å². The first-order valence-corrected chi connectivity index (χ1v) is 18.3. The Morgan fingerprint density at radius 3 is 1.33 bits per heavy atom. The van der Waals surface area contributed by atoms with Crippen molar-refractivity contribution in [3.63, 3.8) is 0 Å². The third-order valence-corrected chi connectivity index (χ3v) is 10.8. The fraction of sp³-hybridized carbons (Fsp3) is 0.125. The highest BCUT2D eigenvalue weighted by molar-refractivity contribution is 6.47. The van der Waals surface area contributed by atoms with Crippen LogP contribution >= 0.6 is 0 Å². The number of para-hydroxylation sites is 4. The van der Waals surface area contributed by atoms with Gasteiger partial charge in [-0.05, 0) is 87.4 Å². The minimum Gasteiger partial charge on any atom is -0.455 e. The van der Waals surface area contributed by atoms with E-state index >= 15 is 0 Å². The van der Waals surface area contributed by atoms with Crippen LogP contribution < -0.4 is 10.4 Å². The summed E-state index contributed by atoms with van der Waals surface area (Å²) >= 11 is 0. The van der Waals surface area contributed by atoms with Crippen LogP contribution in [-0.2, 0) is 4.65 Å². The number of hydrogen-bond donors (Lipinski definition) is 1. The van der Waals surface area contributed by atoms with Crippen LogP contribution in [0.25, 0.3) is 66.1 Å². The van der Waals surface area contributed by atoms with E-state index in [-0.39, 0.29) is 0 Å². The van der Waals surface area contributed by atoms with Crippen molar-refractivity contribution in [2.75, 3.05) is 4.90 Å². The second-order valence-electron chi connectivity index (χ2n) is 14.9. The number of aliphatic hydroxyl groups is 1. The van der Waals surface area contributed by atoms with Gasteiger partial charge in [0.15, 0.2) is 0 Å². The molecule has 7 aromatic carbocycles.